The molecule has 0 saturated carbocycles. The molecule has 0 bridgehead atoms. The van der Waals surface area contributed by atoms with Crippen LogP contribution in [0.3, 0.4) is 0 Å². The van der Waals surface area contributed by atoms with Gasteiger partial charge in [-0.3, -0.25) is 0 Å². The highest BCUT2D eigenvalue weighted by atomic mass is 16.5. The predicted molar refractivity (Wildman–Crippen MR) is 49.4 cm³/mol. The molecule has 0 saturated heterocycles. The molecule has 0 aliphatic heterocycles. The maximum Gasteiger partial charge on any atom is 0.0920 e. The Morgan fingerprint density at radius 3 is 2.09 bits per heavy atom. The fourth-order valence-electron chi connectivity index (χ4n) is 0.994. The Morgan fingerprint density at radius 1 is 1.27 bits per heavy atom. The van der Waals surface area contributed by atoms with Gasteiger partial charge >= 0.3 is 0 Å². The van der Waals surface area contributed by atoms with Gasteiger partial charge in [0.15, 0.2) is 0 Å². The molecule has 11 heavy (non-hydrogen) atoms. The smallest absolute Gasteiger partial charge is 0.0920 e. The van der Waals surface area contributed by atoms with Crippen molar-refractivity contribution in [3.05, 3.63) is 11.8 Å². The van der Waals surface area contributed by atoms with Crippen molar-refractivity contribution in [2.24, 2.45) is 11.8 Å². The van der Waals surface area contributed by atoms with Crippen molar-refractivity contribution in [2.45, 2.75) is 34.1 Å². The third-order valence-electron chi connectivity index (χ3n) is 1.39. The zero-order valence-corrected chi connectivity index (χ0v) is 8.35. The molecule has 0 aromatic heterocycles. The van der Waals surface area contributed by atoms with E-state index in [0.717, 1.165) is 12.2 Å². The lowest BCUT2D eigenvalue weighted by Crippen LogP contribution is -1.96. The first-order valence-corrected chi connectivity index (χ1v) is 4.31. The summed E-state index contributed by atoms with van der Waals surface area (Å²) in [6, 6.07) is 0. The Morgan fingerprint density at radius 2 is 1.82 bits per heavy atom. The fraction of sp³-hybridized carbons (Fsp3) is 0.800. The van der Waals surface area contributed by atoms with Gasteiger partial charge in [-0.1, -0.05) is 27.7 Å². The highest BCUT2D eigenvalue weighted by Gasteiger charge is 2.01. The average Bonchev–Trinajstić information content (AvgIpc) is 1.84. The second-order valence-electron chi connectivity index (χ2n) is 3.68. The van der Waals surface area contributed by atoms with E-state index >= 15 is 0 Å². The zero-order chi connectivity index (χ0) is 8.85. The standard InChI is InChI=1S/C10H20O/c1-8(2)6-10(11-5)7-9(3)4/h6,8-9H,7H2,1-5H3/b10-6+. The van der Waals surface area contributed by atoms with Crippen LogP contribution in [0, 0.1) is 11.8 Å². The summed E-state index contributed by atoms with van der Waals surface area (Å²) in [6.07, 6.45) is 3.23. The summed E-state index contributed by atoms with van der Waals surface area (Å²) in [5.41, 5.74) is 0. The Balaban J connectivity index is 3.94. The normalized spacial score (nSPS) is 12.8. The van der Waals surface area contributed by atoms with Gasteiger partial charge < -0.3 is 4.74 Å². The van der Waals surface area contributed by atoms with Gasteiger partial charge in [-0.15, -0.1) is 0 Å². The first-order valence-electron chi connectivity index (χ1n) is 4.31. The average molecular weight is 156 g/mol. The summed E-state index contributed by atoms with van der Waals surface area (Å²) in [4.78, 5) is 0. The molecule has 0 aromatic rings. The molecule has 0 aromatic carbocycles. The zero-order valence-electron chi connectivity index (χ0n) is 8.35. The van der Waals surface area contributed by atoms with E-state index in [1.54, 1.807) is 7.11 Å². The number of allylic oxidation sites excluding steroid dienone is 2. The summed E-state index contributed by atoms with van der Waals surface area (Å²) in [5, 5.41) is 0. The van der Waals surface area contributed by atoms with Crippen LogP contribution in [0.5, 0.6) is 0 Å². The predicted octanol–water partition coefficient (Wildman–Crippen LogP) is 3.22. The van der Waals surface area contributed by atoms with Gasteiger partial charge in [0.05, 0.1) is 12.9 Å². The van der Waals surface area contributed by atoms with Crippen LogP contribution >= 0.6 is 0 Å². The van der Waals surface area contributed by atoms with Crippen molar-refractivity contribution in [3.8, 4) is 0 Å². The van der Waals surface area contributed by atoms with E-state index in [-0.39, 0.29) is 0 Å². The van der Waals surface area contributed by atoms with Gasteiger partial charge in [0.25, 0.3) is 0 Å². The minimum atomic E-state index is 0.587. The molecule has 1 heteroatoms. The highest BCUT2D eigenvalue weighted by molar-refractivity contribution is 4.95. The minimum Gasteiger partial charge on any atom is -0.501 e. The van der Waals surface area contributed by atoms with E-state index in [9.17, 15) is 0 Å². The van der Waals surface area contributed by atoms with E-state index in [2.05, 4.69) is 33.8 Å². The second kappa shape index (κ2) is 5.22. The van der Waals surface area contributed by atoms with Crippen LogP contribution in [0.25, 0.3) is 0 Å². The first kappa shape index (κ1) is 10.5. The van der Waals surface area contributed by atoms with Crippen LogP contribution < -0.4 is 0 Å². The first-order chi connectivity index (χ1) is 5.06. The van der Waals surface area contributed by atoms with Crippen LogP contribution in [-0.2, 0) is 4.74 Å². The molecule has 0 fully saturated rings. The number of methoxy groups -OCH3 is 1. The number of rotatable bonds is 4. The molecule has 0 aliphatic carbocycles. The van der Waals surface area contributed by atoms with E-state index in [1.807, 2.05) is 0 Å². The summed E-state index contributed by atoms with van der Waals surface area (Å²) in [7, 11) is 1.75. The lowest BCUT2D eigenvalue weighted by molar-refractivity contribution is 0.262. The Bertz CT molecular complexity index is 123. The third kappa shape index (κ3) is 5.96. The highest BCUT2D eigenvalue weighted by Crippen LogP contribution is 2.13. The molecule has 0 radical (unpaired) electrons. The van der Waals surface area contributed by atoms with Crippen molar-refractivity contribution in [1.29, 1.82) is 0 Å². The van der Waals surface area contributed by atoms with Crippen LogP contribution in [0.15, 0.2) is 11.8 Å². The number of hydrogen-bond acceptors (Lipinski definition) is 1. The summed E-state index contributed by atoms with van der Waals surface area (Å²) < 4.78 is 5.23. The van der Waals surface area contributed by atoms with Crippen molar-refractivity contribution in [2.75, 3.05) is 7.11 Å². The maximum atomic E-state index is 5.23. The summed E-state index contributed by atoms with van der Waals surface area (Å²) >= 11 is 0. The lowest BCUT2D eigenvalue weighted by atomic mass is 10.1. The van der Waals surface area contributed by atoms with E-state index in [1.165, 1.54) is 0 Å². The van der Waals surface area contributed by atoms with Crippen molar-refractivity contribution in [1.82, 2.24) is 0 Å². The molecule has 0 spiro atoms. The molecular formula is C10H20O. The summed E-state index contributed by atoms with van der Waals surface area (Å²) in [6.45, 7) is 8.74. The van der Waals surface area contributed by atoms with Gasteiger partial charge in [0.2, 0.25) is 0 Å². The van der Waals surface area contributed by atoms with Crippen molar-refractivity contribution in [3.63, 3.8) is 0 Å². The van der Waals surface area contributed by atoms with Gasteiger partial charge in [0.1, 0.15) is 0 Å². The Labute approximate surface area is 70.4 Å². The molecule has 0 rings (SSSR count). The third-order valence-corrected chi connectivity index (χ3v) is 1.39. The molecule has 0 atom stereocenters. The molecule has 0 amide bonds. The maximum absolute atomic E-state index is 5.23. The second-order valence-corrected chi connectivity index (χ2v) is 3.68. The van der Waals surface area contributed by atoms with Crippen molar-refractivity contribution < 1.29 is 4.74 Å². The molecular weight excluding hydrogens is 136 g/mol. The monoisotopic (exact) mass is 156 g/mol. The number of ether oxygens (including phenoxy) is 1. The SMILES string of the molecule is CO/C(=C/C(C)C)CC(C)C. The van der Waals surface area contributed by atoms with Crippen LogP contribution in [0.1, 0.15) is 34.1 Å². The fourth-order valence-corrected chi connectivity index (χ4v) is 0.994. The lowest BCUT2D eigenvalue weighted by Gasteiger charge is -2.09. The molecule has 0 N–H and O–H groups in total. The van der Waals surface area contributed by atoms with Crippen molar-refractivity contribution >= 4 is 0 Å². The molecule has 66 valence electrons. The topological polar surface area (TPSA) is 9.23 Å². The van der Waals surface area contributed by atoms with E-state index in [4.69, 9.17) is 4.74 Å². The Hall–Kier alpha value is -0.460. The minimum absolute atomic E-state index is 0.587. The van der Waals surface area contributed by atoms with Gasteiger partial charge in [-0.05, 0) is 17.9 Å². The largest absolute Gasteiger partial charge is 0.501 e. The quantitative estimate of drug-likeness (QED) is 0.568. The summed E-state index contributed by atoms with van der Waals surface area (Å²) in [5.74, 6) is 2.39. The Kier molecular flexibility index (Phi) is 5.01. The molecule has 0 heterocycles. The van der Waals surface area contributed by atoms with Crippen LogP contribution in [0.2, 0.25) is 0 Å². The van der Waals surface area contributed by atoms with E-state index < -0.39 is 0 Å². The number of hydrogen-bond donors (Lipinski definition) is 0. The van der Waals surface area contributed by atoms with E-state index in [0.29, 0.717) is 11.8 Å². The van der Waals surface area contributed by atoms with Gasteiger partial charge in [-0.25, -0.2) is 0 Å². The van der Waals surface area contributed by atoms with Crippen LogP contribution in [0.4, 0.5) is 0 Å². The molecule has 1 nitrogen and oxygen atoms in total. The molecule has 0 aliphatic rings. The molecule has 0 unspecified atom stereocenters. The van der Waals surface area contributed by atoms with Crippen LogP contribution in [-0.4, -0.2) is 7.11 Å². The van der Waals surface area contributed by atoms with Gasteiger partial charge in [0, 0.05) is 6.42 Å². The van der Waals surface area contributed by atoms with Gasteiger partial charge in [-0.2, -0.15) is 0 Å².